The maximum absolute atomic E-state index is 12.4. The Bertz CT molecular complexity index is 5480. The second-order valence-corrected chi connectivity index (χ2v) is 18.0. The first kappa shape index (κ1) is 24.7. The van der Waals surface area contributed by atoms with Crippen LogP contribution < -0.4 is 0 Å². The highest BCUT2D eigenvalue weighted by atomic mass is 32.1. The highest BCUT2D eigenvalue weighted by Gasteiger charge is 2.33. The molecule has 0 atom stereocenters. The summed E-state index contributed by atoms with van der Waals surface area (Å²) >= 11 is 2.77. The maximum atomic E-state index is 12.4. The van der Waals surface area contributed by atoms with Gasteiger partial charge in [-0.05, 0) is 52.5 Å². The number of benzene rings is 10. The normalized spacial score (nSPS) is 15.5. The fourth-order valence-electron chi connectivity index (χ4n) is 9.95. The molecule has 68 heavy (non-hydrogen) atoms. The van der Waals surface area contributed by atoms with Gasteiger partial charge < -0.3 is 9.13 Å². The Kier molecular flexibility index (Phi) is 5.39. The highest BCUT2D eigenvalue weighted by Crippen LogP contribution is 2.55. The molecule has 0 amide bonds. The summed E-state index contributed by atoms with van der Waals surface area (Å²) in [5.41, 5.74) is -3.89. The van der Waals surface area contributed by atoms with Crippen molar-refractivity contribution in [2.24, 2.45) is 0 Å². The van der Waals surface area contributed by atoms with Crippen LogP contribution >= 0.6 is 22.7 Å². The lowest BCUT2D eigenvalue weighted by molar-refractivity contribution is 1.14. The van der Waals surface area contributed by atoms with Gasteiger partial charge in [-0.15, -0.1) is 22.7 Å². The fraction of sp³-hybridized carbons (Fsp3) is 0. The van der Waals surface area contributed by atoms with Crippen LogP contribution in [0.3, 0.4) is 0 Å². The maximum Gasteiger partial charge on any atom is 0.220 e. The van der Waals surface area contributed by atoms with Gasteiger partial charge >= 0.3 is 0 Å². The van der Waals surface area contributed by atoms with E-state index in [0.717, 1.165) is 46.6 Å². The summed E-state index contributed by atoms with van der Waals surface area (Å²) < 4.78 is 174. The number of thiophene rings is 2. The van der Waals surface area contributed by atoms with E-state index in [2.05, 4.69) is 10.9 Å². The van der Waals surface area contributed by atoms with Gasteiger partial charge in [-0.3, -0.25) is 0 Å². The van der Waals surface area contributed by atoms with Crippen LogP contribution in [0.25, 0.3) is 134 Å². The third kappa shape index (κ3) is 5.33. The number of fused-ring (bicyclic) bond motifs is 14. The second-order valence-electron chi connectivity index (χ2n) is 15.9. The van der Waals surface area contributed by atoms with E-state index in [1.807, 2.05) is 97.1 Å². The highest BCUT2D eigenvalue weighted by molar-refractivity contribution is 7.27. The van der Waals surface area contributed by atoms with Crippen molar-refractivity contribution < 1.29 is 24.7 Å². The number of hydrogen-bond donors (Lipinski definition) is 0. The number of hydrogen-bond acceptors (Lipinski definition) is 3. The van der Waals surface area contributed by atoms with E-state index in [4.69, 9.17) is 11.0 Å². The Morgan fingerprint density at radius 1 is 0.485 bits per heavy atom. The van der Waals surface area contributed by atoms with E-state index < -0.39 is 170 Å². The summed E-state index contributed by atoms with van der Waals surface area (Å²) in [5, 5.41) is 15.7. The van der Waals surface area contributed by atoms with Crippen molar-refractivity contribution in [2.45, 2.75) is 0 Å². The molecule has 4 nitrogen and oxygen atoms in total. The summed E-state index contributed by atoms with van der Waals surface area (Å²) in [4.78, 5) is 4.03. The molecule has 4 heterocycles. The average molecular weight is 917 g/mol. The standard InChI is InChI=1S/C62H34N4S2/c1-64-56-53(38-21-7-3-8-22-38)48(36-63)57(54(39-23-9-4-10-24-39)60(56)65-49-29-15-11-25-40(49)41-26-12-16-30-50(41)65)66-58-43(33-34-44-42-27-13-17-31-51(42)67-61(44)58)47-35-46(37-19-5-2-6-20-37)55-45-28-14-18-32-52(45)68-62(55)59(47)66/h2-35H/i3D,4D,7D,8D,9D,10D,11D,12D,15D,16D,21D,22D,23D,24D,25D,26D,29D,30D. The molecule has 0 bridgehead atoms. The van der Waals surface area contributed by atoms with Crippen molar-refractivity contribution in [2.75, 3.05) is 0 Å². The second kappa shape index (κ2) is 14.9. The Balaban J connectivity index is 1.41. The first-order chi connectivity index (χ1) is 41.2. The molecule has 10 aromatic carbocycles. The third-order valence-corrected chi connectivity index (χ3v) is 15.0. The zero-order valence-corrected chi connectivity index (χ0v) is 36.5. The first-order valence-electron chi connectivity index (χ1n) is 30.1. The topological polar surface area (TPSA) is 38.0 Å². The van der Waals surface area contributed by atoms with Crippen LogP contribution in [0.2, 0.25) is 0 Å². The largest absolute Gasteiger partial charge is 0.318 e. The molecule has 0 spiro atoms. The smallest absolute Gasteiger partial charge is 0.220 e. The van der Waals surface area contributed by atoms with Crippen LogP contribution in [-0.2, 0) is 0 Å². The van der Waals surface area contributed by atoms with Crippen LogP contribution in [0, 0.1) is 17.9 Å². The summed E-state index contributed by atoms with van der Waals surface area (Å²) in [7, 11) is 0. The number of aromatic nitrogens is 2. The van der Waals surface area contributed by atoms with Gasteiger partial charge in [0.15, 0.2) is 0 Å². The van der Waals surface area contributed by atoms with E-state index in [0.29, 0.717) is 31.2 Å². The van der Waals surface area contributed by atoms with Crippen molar-refractivity contribution in [1.82, 2.24) is 9.13 Å². The molecule has 0 saturated carbocycles. The van der Waals surface area contributed by atoms with Crippen molar-refractivity contribution >= 4 is 112 Å². The zero-order valence-electron chi connectivity index (χ0n) is 52.8. The Morgan fingerprint density at radius 3 is 1.72 bits per heavy atom. The molecular weight excluding hydrogens is 865 g/mol. The first-order valence-corrected chi connectivity index (χ1v) is 22.8. The molecule has 0 N–H and O–H groups in total. The molecule has 4 aromatic heterocycles. The van der Waals surface area contributed by atoms with E-state index in [9.17, 15) is 25.5 Å². The number of rotatable bonds is 5. The van der Waals surface area contributed by atoms with Crippen molar-refractivity contribution in [1.29, 1.82) is 5.26 Å². The van der Waals surface area contributed by atoms with E-state index in [1.54, 1.807) is 4.57 Å². The minimum atomic E-state index is -0.899. The molecule has 14 rings (SSSR count). The van der Waals surface area contributed by atoms with Gasteiger partial charge in [0.2, 0.25) is 5.69 Å². The number of nitrogens with zero attached hydrogens (tertiary/aromatic N) is 4. The van der Waals surface area contributed by atoms with Gasteiger partial charge in [-0.25, -0.2) is 4.85 Å². The predicted molar refractivity (Wildman–Crippen MR) is 288 cm³/mol. The average Bonchev–Trinajstić information content (AvgIpc) is 1.45. The minimum absolute atomic E-state index is 0.366. The van der Waals surface area contributed by atoms with Crippen molar-refractivity contribution in [3.05, 3.63) is 223 Å². The van der Waals surface area contributed by atoms with E-state index in [1.165, 1.54) is 22.7 Å². The van der Waals surface area contributed by atoms with Crippen LogP contribution in [0.15, 0.2) is 206 Å². The lowest BCUT2D eigenvalue weighted by atomic mass is 9.88. The quantitative estimate of drug-likeness (QED) is 0.159. The fourth-order valence-corrected chi connectivity index (χ4v) is 12.5. The number of nitriles is 1. The number of para-hydroxylation sites is 2. The van der Waals surface area contributed by atoms with E-state index in [-0.39, 0.29) is 5.69 Å². The summed E-state index contributed by atoms with van der Waals surface area (Å²) in [6.07, 6.45) is 0. The van der Waals surface area contributed by atoms with E-state index >= 15 is 0 Å². The van der Waals surface area contributed by atoms with Crippen molar-refractivity contribution in [3.63, 3.8) is 0 Å². The van der Waals surface area contributed by atoms with Crippen LogP contribution in [0.5, 0.6) is 0 Å². The lowest BCUT2D eigenvalue weighted by Crippen LogP contribution is -2.09. The Hall–Kier alpha value is -8.78. The minimum Gasteiger partial charge on any atom is -0.318 e. The van der Waals surface area contributed by atoms with Gasteiger partial charge in [0.25, 0.3) is 0 Å². The molecule has 0 unspecified atom stereocenters. The molecular formula is C62H34N4S2. The van der Waals surface area contributed by atoms with Gasteiger partial charge in [-0.1, -0.05) is 176 Å². The molecule has 0 aliphatic carbocycles. The monoisotopic (exact) mass is 916 g/mol. The Morgan fingerprint density at radius 2 is 1.04 bits per heavy atom. The lowest BCUT2D eigenvalue weighted by Gasteiger charge is -2.26. The molecule has 0 fully saturated rings. The summed E-state index contributed by atoms with van der Waals surface area (Å²) in [5.74, 6) is 0. The summed E-state index contributed by atoms with van der Waals surface area (Å²) in [6.45, 7) is 9.38. The molecule has 6 heteroatoms. The van der Waals surface area contributed by atoms with Crippen LogP contribution in [0.4, 0.5) is 5.69 Å². The molecule has 314 valence electrons. The van der Waals surface area contributed by atoms with Gasteiger partial charge in [-0.2, -0.15) is 5.26 Å². The van der Waals surface area contributed by atoms with Gasteiger partial charge in [0.05, 0.1) is 79.7 Å². The van der Waals surface area contributed by atoms with Crippen LogP contribution in [-0.4, -0.2) is 9.13 Å². The Labute approximate surface area is 423 Å². The molecule has 0 saturated heterocycles. The van der Waals surface area contributed by atoms with Crippen LogP contribution in [0.1, 0.15) is 30.2 Å². The summed E-state index contributed by atoms with van der Waals surface area (Å²) in [6, 6.07) is 17.6. The predicted octanol–water partition coefficient (Wildman–Crippen LogP) is 18.0. The molecule has 0 radical (unpaired) electrons. The SMILES string of the molecule is [2H]c1c([2H])c([2H])c(-c2c(C#N)c(-n3c4c(ccc5c6ccccc6sc54)c4cc(-c5ccccc5)c5c6ccccc6sc5c43)c(-c3c([2H])c([2H])c([2H])c([2H])c3[2H])c(-n3c4c([2H])c([2H])c([2H])c([2H])c4c4c([2H])c([2H])c([2H])c([2H])c43)c2[N+]#[C-])c([2H])c1[2H]. The van der Waals surface area contributed by atoms with Gasteiger partial charge in [0, 0.05) is 63.6 Å². The zero-order chi connectivity index (χ0) is 60.7. The third-order valence-electron chi connectivity index (χ3n) is 12.6. The van der Waals surface area contributed by atoms with Gasteiger partial charge in [0.1, 0.15) is 6.07 Å². The molecule has 14 aromatic rings. The van der Waals surface area contributed by atoms with Crippen molar-refractivity contribution in [3.8, 4) is 50.8 Å². The molecule has 0 aliphatic heterocycles. The molecule has 0 aliphatic rings.